The van der Waals surface area contributed by atoms with Crippen molar-refractivity contribution in [3.05, 3.63) is 68.8 Å². The van der Waals surface area contributed by atoms with Crippen LogP contribution in [-0.2, 0) is 0 Å². The Hall–Kier alpha value is -2.63. The Morgan fingerprint density at radius 3 is 2.67 bits per heavy atom. The number of rotatable bonds is 2. The molecular formula is C18H12ClN3OS. The Morgan fingerprint density at radius 1 is 1.12 bits per heavy atom. The highest BCUT2D eigenvalue weighted by Crippen LogP contribution is 2.34. The molecule has 4 nitrogen and oxygen atoms in total. The minimum atomic E-state index is 0.0394. The highest BCUT2D eigenvalue weighted by molar-refractivity contribution is 7.10. The van der Waals surface area contributed by atoms with Crippen molar-refractivity contribution in [1.29, 1.82) is 5.41 Å². The summed E-state index contributed by atoms with van der Waals surface area (Å²) in [6, 6.07) is 14.9. The first-order valence-corrected chi connectivity index (χ1v) is 8.43. The van der Waals surface area contributed by atoms with Crippen molar-refractivity contribution in [2.75, 3.05) is 0 Å². The first-order valence-electron chi connectivity index (χ1n) is 7.24. The van der Waals surface area contributed by atoms with E-state index in [0.717, 1.165) is 16.8 Å². The lowest BCUT2D eigenvalue weighted by Crippen LogP contribution is -2.09. The molecule has 118 valence electrons. The van der Waals surface area contributed by atoms with Gasteiger partial charge in [-0.15, -0.1) is 0 Å². The second-order valence-electron chi connectivity index (χ2n) is 5.28. The molecule has 3 aromatic rings. The van der Waals surface area contributed by atoms with Crippen molar-refractivity contribution < 1.29 is 5.11 Å². The van der Waals surface area contributed by atoms with Crippen LogP contribution >= 0.6 is 22.9 Å². The van der Waals surface area contributed by atoms with Crippen LogP contribution in [0.15, 0.2) is 53.5 Å². The summed E-state index contributed by atoms with van der Waals surface area (Å²) in [4.78, 5) is 5.22. The van der Waals surface area contributed by atoms with E-state index in [4.69, 9.17) is 17.0 Å². The van der Waals surface area contributed by atoms with E-state index in [1.807, 2.05) is 30.3 Å². The monoisotopic (exact) mass is 353 g/mol. The molecule has 0 aliphatic carbocycles. The van der Waals surface area contributed by atoms with Crippen LogP contribution < -0.4 is 4.80 Å². The van der Waals surface area contributed by atoms with Crippen LogP contribution in [0.4, 0.5) is 5.69 Å². The molecular weight excluding hydrogens is 342 g/mol. The molecule has 0 atom stereocenters. The van der Waals surface area contributed by atoms with Crippen LogP contribution in [0.25, 0.3) is 17.3 Å². The minimum absolute atomic E-state index is 0.0394. The Bertz CT molecular complexity index is 1040. The molecule has 4 rings (SSSR count). The van der Waals surface area contributed by atoms with Crippen molar-refractivity contribution in [3.8, 4) is 11.6 Å². The van der Waals surface area contributed by atoms with E-state index >= 15 is 0 Å². The summed E-state index contributed by atoms with van der Waals surface area (Å²) in [5.74, 6) is 0.0394. The molecule has 2 N–H and O–H groups in total. The highest BCUT2D eigenvalue weighted by Gasteiger charge is 2.16. The predicted octanol–water partition coefficient (Wildman–Crippen LogP) is 4.63. The van der Waals surface area contributed by atoms with E-state index in [1.54, 1.807) is 30.5 Å². The second-order valence-corrected chi connectivity index (χ2v) is 6.75. The van der Waals surface area contributed by atoms with Crippen molar-refractivity contribution in [2.24, 2.45) is 4.99 Å². The summed E-state index contributed by atoms with van der Waals surface area (Å²) in [7, 11) is 0. The van der Waals surface area contributed by atoms with Crippen LogP contribution in [0.5, 0.6) is 5.88 Å². The van der Waals surface area contributed by atoms with Crippen LogP contribution in [0.1, 0.15) is 10.4 Å². The normalized spacial score (nSPS) is 14.3. The van der Waals surface area contributed by atoms with Gasteiger partial charge in [0.2, 0.25) is 5.88 Å². The number of para-hydroxylation sites is 1. The van der Waals surface area contributed by atoms with Crippen molar-refractivity contribution >= 4 is 46.5 Å². The quantitative estimate of drug-likeness (QED) is 0.693. The number of nitrogens with one attached hydrogen (secondary N) is 1. The number of aromatic hydroxyl groups is 1. The Balaban J connectivity index is 1.81. The summed E-state index contributed by atoms with van der Waals surface area (Å²) in [5, 5.41) is 19.4. The van der Waals surface area contributed by atoms with Crippen molar-refractivity contribution in [1.82, 2.24) is 4.57 Å². The van der Waals surface area contributed by atoms with Crippen LogP contribution in [0.3, 0.4) is 0 Å². The van der Waals surface area contributed by atoms with Gasteiger partial charge in [0.05, 0.1) is 16.3 Å². The number of allylic oxidation sites excluding steroid dienone is 1. The molecule has 0 fully saturated rings. The van der Waals surface area contributed by atoms with Gasteiger partial charge in [-0.3, -0.25) is 15.0 Å². The Morgan fingerprint density at radius 2 is 1.88 bits per heavy atom. The summed E-state index contributed by atoms with van der Waals surface area (Å²) < 4.78 is 1.49. The van der Waals surface area contributed by atoms with E-state index in [-0.39, 0.29) is 10.7 Å². The zero-order chi connectivity index (χ0) is 16.7. The first-order chi connectivity index (χ1) is 11.6. The van der Waals surface area contributed by atoms with Gasteiger partial charge in [0.15, 0.2) is 4.80 Å². The maximum Gasteiger partial charge on any atom is 0.215 e. The summed E-state index contributed by atoms with van der Waals surface area (Å²) >= 11 is 7.12. The molecule has 0 amide bonds. The number of fused-ring (bicyclic) bond motifs is 1. The van der Waals surface area contributed by atoms with Crippen LogP contribution in [0.2, 0.25) is 5.02 Å². The standard InChI is InChI=1S/C18H12ClN3OS/c19-12-5-7-13(8-6-12)22-17(23)16(24-18(22)20)9-11-10-21-15-4-2-1-3-14(11)15/h1-10,20,23H/b11-9-,20-18?. The zero-order valence-corrected chi connectivity index (χ0v) is 14.0. The Labute approximate surface area is 147 Å². The molecule has 0 bridgehead atoms. The maximum atomic E-state index is 10.6. The van der Waals surface area contributed by atoms with Gasteiger partial charge >= 0.3 is 0 Å². The van der Waals surface area contributed by atoms with Gasteiger partial charge in [-0.25, -0.2) is 0 Å². The first kappa shape index (κ1) is 14.9. The minimum Gasteiger partial charge on any atom is -0.493 e. The summed E-state index contributed by atoms with van der Waals surface area (Å²) in [6.07, 6.45) is 3.64. The second kappa shape index (κ2) is 5.78. The lowest BCUT2D eigenvalue weighted by atomic mass is 10.1. The summed E-state index contributed by atoms with van der Waals surface area (Å²) in [6.45, 7) is 0. The fraction of sp³-hybridized carbons (Fsp3) is 0. The van der Waals surface area contributed by atoms with Gasteiger partial charge in [-0.05, 0) is 36.4 Å². The SMILES string of the molecule is N=c1sc(/C=C2/C=Nc3ccccc32)c(O)n1-c1ccc(Cl)cc1. The van der Waals surface area contributed by atoms with E-state index < -0.39 is 0 Å². The third-order valence-corrected chi connectivity index (χ3v) is 4.92. The van der Waals surface area contributed by atoms with Gasteiger partial charge in [-0.1, -0.05) is 41.1 Å². The van der Waals surface area contributed by atoms with E-state index in [1.165, 1.54) is 15.9 Å². The maximum absolute atomic E-state index is 10.6. The number of halogens is 1. The molecule has 1 aliphatic heterocycles. The molecule has 2 aromatic carbocycles. The molecule has 0 unspecified atom stereocenters. The fourth-order valence-electron chi connectivity index (χ4n) is 2.62. The highest BCUT2D eigenvalue weighted by atomic mass is 35.5. The topological polar surface area (TPSA) is 61.4 Å². The van der Waals surface area contributed by atoms with Gasteiger partial charge in [0.1, 0.15) is 0 Å². The predicted molar refractivity (Wildman–Crippen MR) is 98.6 cm³/mol. The lowest BCUT2D eigenvalue weighted by Gasteiger charge is -2.04. The van der Waals surface area contributed by atoms with Crippen molar-refractivity contribution in [3.63, 3.8) is 0 Å². The largest absolute Gasteiger partial charge is 0.493 e. The molecule has 0 spiro atoms. The lowest BCUT2D eigenvalue weighted by molar-refractivity contribution is 0.438. The third kappa shape index (κ3) is 2.48. The van der Waals surface area contributed by atoms with Gasteiger partial charge in [0.25, 0.3) is 0 Å². The number of benzene rings is 2. The number of hydrogen-bond acceptors (Lipinski definition) is 4. The van der Waals surface area contributed by atoms with E-state index in [9.17, 15) is 5.11 Å². The van der Waals surface area contributed by atoms with E-state index in [0.29, 0.717) is 15.6 Å². The third-order valence-electron chi connectivity index (χ3n) is 3.77. The van der Waals surface area contributed by atoms with Crippen LogP contribution in [-0.4, -0.2) is 15.9 Å². The fourth-order valence-corrected chi connectivity index (χ4v) is 3.61. The zero-order valence-electron chi connectivity index (χ0n) is 12.4. The number of aliphatic imine (C=N–C) groups is 1. The van der Waals surface area contributed by atoms with Crippen molar-refractivity contribution in [2.45, 2.75) is 0 Å². The number of hydrogen-bond donors (Lipinski definition) is 2. The van der Waals surface area contributed by atoms with Gasteiger partial charge in [-0.2, -0.15) is 0 Å². The van der Waals surface area contributed by atoms with Gasteiger partial charge in [0, 0.05) is 22.4 Å². The molecule has 2 heterocycles. The average molecular weight is 354 g/mol. The number of thiazole rings is 1. The molecule has 24 heavy (non-hydrogen) atoms. The smallest absolute Gasteiger partial charge is 0.215 e. The van der Waals surface area contributed by atoms with E-state index in [2.05, 4.69) is 4.99 Å². The van der Waals surface area contributed by atoms with Crippen LogP contribution in [0, 0.1) is 5.41 Å². The van der Waals surface area contributed by atoms with Gasteiger partial charge < -0.3 is 5.11 Å². The molecule has 0 saturated carbocycles. The molecule has 1 aliphatic rings. The Kier molecular flexibility index (Phi) is 3.59. The molecule has 1 aromatic heterocycles. The molecule has 6 heteroatoms. The number of nitrogens with zero attached hydrogens (tertiary/aromatic N) is 2. The molecule has 0 radical (unpaired) electrons. The summed E-state index contributed by atoms with van der Waals surface area (Å²) in [5.41, 5.74) is 3.56. The molecule has 0 saturated heterocycles. The number of aromatic nitrogens is 1. The average Bonchev–Trinajstić information content (AvgIpc) is 3.11.